The maximum atomic E-state index is 12.4. The van der Waals surface area contributed by atoms with Crippen LogP contribution in [0.1, 0.15) is 41.6 Å². The molecule has 1 aromatic heterocycles. The molecule has 3 aromatic rings. The van der Waals surface area contributed by atoms with Gasteiger partial charge in [0.2, 0.25) is 11.8 Å². The first kappa shape index (κ1) is 26.5. The summed E-state index contributed by atoms with van der Waals surface area (Å²) in [5.74, 6) is 0.117. The van der Waals surface area contributed by atoms with Crippen molar-refractivity contribution in [2.24, 2.45) is 0 Å². The molecule has 0 radical (unpaired) electrons. The Labute approximate surface area is 219 Å². The van der Waals surface area contributed by atoms with Crippen LogP contribution in [0.15, 0.2) is 66.9 Å². The molecule has 1 aliphatic carbocycles. The number of carbonyl (C=O) groups excluding carboxylic acids is 2. The molecule has 1 heterocycles. The highest BCUT2D eigenvalue weighted by molar-refractivity contribution is 6.00. The fraction of sp³-hybridized carbons (Fsp3) is 0.286. The highest BCUT2D eigenvalue weighted by atomic mass is 16.5. The van der Waals surface area contributed by atoms with Gasteiger partial charge in [0.15, 0.2) is 0 Å². The third kappa shape index (κ3) is 7.22. The smallest absolute Gasteiger partial charge is 0.407 e. The lowest BCUT2D eigenvalue weighted by Crippen LogP contribution is -2.47. The van der Waals surface area contributed by atoms with Gasteiger partial charge in [-0.1, -0.05) is 24.6 Å². The summed E-state index contributed by atoms with van der Waals surface area (Å²) in [6, 6.07) is 16.6. The number of rotatable bonds is 9. The van der Waals surface area contributed by atoms with Gasteiger partial charge in [-0.2, -0.15) is 0 Å². The second-order valence-corrected chi connectivity index (χ2v) is 8.84. The van der Waals surface area contributed by atoms with Crippen LogP contribution < -0.4 is 20.1 Å². The molecule has 0 spiro atoms. The summed E-state index contributed by atoms with van der Waals surface area (Å²) >= 11 is 0. The second kappa shape index (κ2) is 12.6. The van der Waals surface area contributed by atoms with Crippen molar-refractivity contribution in [3.05, 3.63) is 78.0 Å². The molecular weight excluding hydrogens is 490 g/mol. The van der Waals surface area contributed by atoms with E-state index in [1.54, 1.807) is 54.6 Å². The number of pyridine rings is 1. The van der Waals surface area contributed by atoms with Crippen LogP contribution >= 0.6 is 0 Å². The molecule has 0 saturated heterocycles. The number of carboxylic acids is 1. The van der Waals surface area contributed by atoms with Crippen molar-refractivity contribution in [1.82, 2.24) is 10.3 Å². The fourth-order valence-corrected chi connectivity index (χ4v) is 4.23. The average Bonchev–Trinajstić information content (AvgIpc) is 2.92. The molecular formula is C28H29N3O7. The van der Waals surface area contributed by atoms with Crippen molar-refractivity contribution < 1.29 is 33.7 Å². The molecule has 10 nitrogen and oxygen atoms in total. The Bertz CT molecular complexity index is 1260. The number of methoxy groups -OCH3 is 1. The lowest BCUT2D eigenvalue weighted by Gasteiger charge is -2.32. The van der Waals surface area contributed by atoms with E-state index in [0.717, 1.165) is 25.7 Å². The van der Waals surface area contributed by atoms with Crippen LogP contribution in [0.2, 0.25) is 0 Å². The fourth-order valence-electron chi connectivity index (χ4n) is 4.23. The number of aromatic carboxylic acids is 1. The standard InChI is InChI=1S/C28H29N3O7/c1-36-28(35)31-23-8-4-5-9-24(23)37-19-11-13-20(14-12-19)38-26-15-10-18(17-29-26)16-25(32)30-22-7-3-2-6-21(22)27(33)34/h2-3,6-7,10-15,17,23-24H,4-5,8-9,16H2,1H3,(H,30,32)(H,31,35)(H,33,34)/t23-,24?/m0/s1. The maximum absolute atomic E-state index is 12.4. The molecule has 198 valence electrons. The van der Waals surface area contributed by atoms with Crippen molar-refractivity contribution in [1.29, 1.82) is 0 Å². The molecule has 2 aromatic carbocycles. The quantitative estimate of drug-likeness (QED) is 0.367. The maximum Gasteiger partial charge on any atom is 0.407 e. The first-order valence-electron chi connectivity index (χ1n) is 12.3. The zero-order valence-corrected chi connectivity index (χ0v) is 20.9. The van der Waals surface area contributed by atoms with Gasteiger partial charge in [-0.05, 0) is 61.2 Å². The van der Waals surface area contributed by atoms with Crippen LogP contribution in [0, 0.1) is 0 Å². The van der Waals surface area contributed by atoms with Gasteiger partial charge in [0, 0.05) is 12.3 Å². The molecule has 10 heteroatoms. The van der Waals surface area contributed by atoms with Crippen molar-refractivity contribution >= 4 is 23.7 Å². The van der Waals surface area contributed by atoms with Crippen LogP contribution in [0.4, 0.5) is 10.5 Å². The van der Waals surface area contributed by atoms with Crippen LogP contribution in [0.5, 0.6) is 17.4 Å². The number of hydrogen-bond acceptors (Lipinski definition) is 7. The molecule has 0 aliphatic heterocycles. The van der Waals surface area contributed by atoms with Gasteiger partial charge in [0.1, 0.15) is 17.6 Å². The van der Waals surface area contributed by atoms with Crippen molar-refractivity contribution in [2.45, 2.75) is 44.2 Å². The SMILES string of the molecule is COC(=O)N[C@H]1CCCCC1Oc1ccc(Oc2ccc(CC(=O)Nc3ccccc3C(=O)O)cn2)cc1. The first-order valence-corrected chi connectivity index (χ1v) is 12.3. The molecule has 4 rings (SSSR count). The van der Waals surface area contributed by atoms with Crippen LogP contribution in [0.25, 0.3) is 0 Å². The lowest BCUT2D eigenvalue weighted by molar-refractivity contribution is -0.115. The van der Waals surface area contributed by atoms with Crippen LogP contribution in [0.3, 0.4) is 0 Å². The molecule has 0 bridgehead atoms. The Balaban J connectivity index is 1.30. The van der Waals surface area contributed by atoms with Gasteiger partial charge in [0.25, 0.3) is 0 Å². The summed E-state index contributed by atoms with van der Waals surface area (Å²) in [5, 5.41) is 14.7. The highest BCUT2D eigenvalue weighted by Crippen LogP contribution is 2.27. The minimum atomic E-state index is -1.11. The number of benzene rings is 2. The van der Waals surface area contributed by atoms with Gasteiger partial charge in [-0.25, -0.2) is 14.6 Å². The predicted octanol–water partition coefficient (Wildman–Crippen LogP) is 4.80. The molecule has 1 fully saturated rings. The number of anilines is 1. The summed E-state index contributed by atoms with van der Waals surface area (Å²) in [6.45, 7) is 0. The van der Waals surface area contributed by atoms with E-state index in [0.29, 0.717) is 22.9 Å². The molecule has 2 amide bonds. The summed E-state index contributed by atoms with van der Waals surface area (Å²) < 4.78 is 16.6. The topological polar surface area (TPSA) is 136 Å². The Kier molecular flexibility index (Phi) is 8.76. The number of para-hydroxylation sites is 1. The van der Waals surface area contributed by atoms with Crippen LogP contribution in [-0.2, 0) is 16.0 Å². The summed E-state index contributed by atoms with van der Waals surface area (Å²) in [7, 11) is 1.34. The minimum absolute atomic E-state index is 0.0237. The Morgan fingerprint density at radius 3 is 2.42 bits per heavy atom. The third-order valence-electron chi connectivity index (χ3n) is 6.12. The summed E-state index contributed by atoms with van der Waals surface area (Å²) in [5.41, 5.74) is 0.911. The van der Waals surface area contributed by atoms with Crippen molar-refractivity contribution in [2.75, 3.05) is 12.4 Å². The van der Waals surface area contributed by atoms with E-state index < -0.39 is 12.1 Å². The third-order valence-corrected chi connectivity index (χ3v) is 6.12. The van der Waals surface area contributed by atoms with E-state index in [2.05, 4.69) is 15.6 Å². The monoisotopic (exact) mass is 519 g/mol. The Morgan fingerprint density at radius 2 is 1.71 bits per heavy atom. The number of hydrogen-bond donors (Lipinski definition) is 3. The molecule has 1 unspecified atom stereocenters. The Hall–Kier alpha value is -4.60. The molecule has 3 N–H and O–H groups in total. The Morgan fingerprint density at radius 1 is 0.974 bits per heavy atom. The highest BCUT2D eigenvalue weighted by Gasteiger charge is 2.28. The predicted molar refractivity (Wildman–Crippen MR) is 139 cm³/mol. The van der Waals surface area contributed by atoms with E-state index in [4.69, 9.17) is 14.2 Å². The number of nitrogens with one attached hydrogen (secondary N) is 2. The van der Waals surface area contributed by atoms with Crippen molar-refractivity contribution in [3.63, 3.8) is 0 Å². The van der Waals surface area contributed by atoms with E-state index >= 15 is 0 Å². The van der Waals surface area contributed by atoms with Crippen LogP contribution in [-0.4, -0.2) is 47.3 Å². The van der Waals surface area contributed by atoms with E-state index in [1.807, 2.05) is 0 Å². The van der Waals surface area contributed by atoms with E-state index in [-0.39, 0.29) is 35.7 Å². The van der Waals surface area contributed by atoms with Crippen molar-refractivity contribution in [3.8, 4) is 17.4 Å². The molecule has 1 aliphatic rings. The average molecular weight is 520 g/mol. The summed E-state index contributed by atoms with van der Waals surface area (Å²) in [6.07, 6.45) is 4.69. The van der Waals surface area contributed by atoms with Gasteiger partial charge < -0.3 is 30.0 Å². The van der Waals surface area contributed by atoms with Gasteiger partial charge in [-0.3, -0.25) is 4.79 Å². The van der Waals surface area contributed by atoms with Gasteiger partial charge in [-0.15, -0.1) is 0 Å². The second-order valence-electron chi connectivity index (χ2n) is 8.84. The number of carbonyl (C=O) groups is 3. The largest absolute Gasteiger partial charge is 0.488 e. The van der Waals surface area contributed by atoms with Gasteiger partial charge >= 0.3 is 12.1 Å². The lowest BCUT2D eigenvalue weighted by atomic mass is 9.92. The zero-order valence-electron chi connectivity index (χ0n) is 20.9. The van der Waals surface area contributed by atoms with Gasteiger partial charge in [0.05, 0.1) is 30.8 Å². The molecule has 1 saturated carbocycles. The van der Waals surface area contributed by atoms with E-state index in [9.17, 15) is 19.5 Å². The number of aromatic nitrogens is 1. The number of amides is 2. The number of ether oxygens (including phenoxy) is 3. The number of nitrogens with zero attached hydrogens (tertiary/aromatic N) is 1. The van der Waals surface area contributed by atoms with E-state index in [1.165, 1.54) is 19.4 Å². The first-order chi connectivity index (χ1) is 18.4. The zero-order chi connectivity index (χ0) is 26.9. The summed E-state index contributed by atoms with van der Waals surface area (Å²) in [4.78, 5) is 39.6. The number of alkyl carbamates (subject to hydrolysis) is 1. The minimum Gasteiger partial charge on any atom is -0.488 e. The molecule has 38 heavy (non-hydrogen) atoms. The normalized spacial score (nSPS) is 16.7. The molecule has 2 atom stereocenters. The number of carboxylic acid groups (broad SMARTS) is 1.